The molecule has 3 amide bonds. The number of aryl methyl sites for hydroxylation is 1. The molecule has 0 aromatic heterocycles. The maximum atomic E-state index is 13.1. The van der Waals surface area contributed by atoms with E-state index in [2.05, 4.69) is 10.6 Å². The molecule has 156 valence electrons. The predicted molar refractivity (Wildman–Crippen MR) is 108 cm³/mol. The van der Waals surface area contributed by atoms with E-state index < -0.39 is 23.9 Å². The number of esters is 1. The molecule has 1 heterocycles. The van der Waals surface area contributed by atoms with E-state index >= 15 is 0 Å². The highest BCUT2D eigenvalue weighted by molar-refractivity contribution is 5.96. The van der Waals surface area contributed by atoms with Gasteiger partial charge in [0, 0.05) is 11.3 Å². The molecule has 1 aliphatic heterocycles. The van der Waals surface area contributed by atoms with Gasteiger partial charge < -0.3 is 21.1 Å². The van der Waals surface area contributed by atoms with Crippen LogP contribution >= 0.6 is 0 Å². The third-order valence-corrected chi connectivity index (χ3v) is 4.73. The molecule has 30 heavy (non-hydrogen) atoms. The average Bonchev–Trinajstić information content (AvgIpc) is 2.73. The Kier molecular flexibility index (Phi) is 6.46. The monoisotopic (exact) mass is 411 g/mol. The van der Waals surface area contributed by atoms with Gasteiger partial charge in [0.25, 0.3) is 0 Å². The lowest BCUT2D eigenvalue weighted by atomic mass is 9.92. The van der Waals surface area contributed by atoms with Crippen LogP contribution in [0.15, 0.2) is 59.8 Å². The second kappa shape index (κ2) is 9.21. The van der Waals surface area contributed by atoms with E-state index in [4.69, 9.17) is 10.5 Å². The van der Waals surface area contributed by atoms with Crippen molar-refractivity contribution >= 4 is 17.9 Å². The Morgan fingerprint density at radius 3 is 2.53 bits per heavy atom. The maximum absolute atomic E-state index is 13.1. The maximum Gasteiger partial charge on any atom is 0.338 e. The number of rotatable bonds is 7. The normalized spacial score (nSPS) is 15.9. The lowest BCUT2D eigenvalue weighted by molar-refractivity contribution is -0.139. The van der Waals surface area contributed by atoms with Crippen LogP contribution in [0.3, 0.4) is 0 Å². The van der Waals surface area contributed by atoms with E-state index in [1.54, 1.807) is 37.3 Å². The molecule has 0 saturated heterocycles. The summed E-state index contributed by atoms with van der Waals surface area (Å²) < 4.78 is 18.4. The minimum atomic E-state index is -0.805. The first-order chi connectivity index (χ1) is 14.4. The summed E-state index contributed by atoms with van der Waals surface area (Å²) in [5.74, 6) is -1.53. The van der Waals surface area contributed by atoms with Crippen molar-refractivity contribution in [2.24, 2.45) is 5.73 Å². The second-order valence-corrected chi connectivity index (χ2v) is 6.76. The van der Waals surface area contributed by atoms with Crippen molar-refractivity contribution in [2.75, 3.05) is 6.61 Å². The number of ether oxygens (including phenoxy) is 1. The summed E-state index contributed by atoms with van der Waals surface area (Å²) in [7, 11) is 0. The first-order valence-corrected chi connectivity index (χ1v) is 9.51. The average molecular weight is 411 g/mol. The first kappa shape index (κ1) is 21.0. The van der Waals surface area contributed by atoms with Gasteiger partial charge in [-0.2, -0.15) is 0 Å². The molecule has 3 rings (SSSR count). The minimum Gasteiger partial charge on any atom is -0.463 e. The van der Waals surface area contributed by atoms with E-state index in [-0.39, 0.29) is 23.6 Å². The van der Waals surface area contributed by atoms with Gasteiger partial charge in [-0.05, 0) is 55.2 Å². The van der Waals surface area contributed by atoms with E-state index in [1.165, 1.54) is 18.2 Å². The van der Waals surface area contributed by atoms with Crippen LogP contribution in [0.1, 0.15) is 40.9 Å². The second-order valence-electron chi connectivity index (χ2n) is 6.76. The van der Waals surface area contributed by atoms with Gasteiger partial charge in [-0.15, -0.1) is 0 Å². The number of carbonyl (C=O) groups is 3. The fourth-order valence-corrected chi connectivity index (χ4v) is 3.31. The number of benzene rings is 2. The molecule has 0 aliphatic carbocycles. The molecule has 2 aromatic carbocycles. The predicted octanol–water partition coefficient (Wildman–Crippen LogP) is 2.73. The zero-order valence-electron chi connectivity index (χ0n) is 16.4. The Labute approximate surface area is 173 Å². The molecule has 0 spiro atoms. The molecule has 1 atom stereocenters. The molecule has 1 aliphatic rings. The van der Waals surface area contributed by atoms with Crippen LogP contribution in [0.2, 0.25) is 0 Å². The Bertz CT molecular complexity index is 1000. The first-order valence-electron chi connectivity index (χ1n) is 9.51. The third kappa shape index (κ3) is 4.83. The van der Waals surface area contributed by atoms with Crippen LogP contribution in [-0.4, -0.2) is 24.5 Å². The molecule has 8 heteroatoms. The Morgan fingerprint density at radius 1 is 1.13 bits per heavy atom. The van der Waals surface area contributed by atoms with Crippen LogP contribution < -0.4 is 16.4 Å². The van der Waals surface area contributed by atoms with Gasteiger partial charge in [0.1, 0.15) is 5.82 Å². The summed E-state index contributed by atoms with van der Waals surface area (Å²) in [5.41, 5.74) is 7.67. The smallest absolute Gasteiger partial charge is 0.338 e. The summed E-state index contributed by atoms with van der Waals surface area (Å²) in [6.45, 7) is 1.85. The van der Waals surface area contributed by atoms with Gasteiger partial charge in [-0.1, -0.05) is 24.3 Å². The van der Waals surface area contributed by atoms with Gasteiger partial charge >= 0.3 is 12.0 Å². The fourth-order valence-electron chi connectivity index (χ4n) is 3.31. The van der Waals surface area contributed by atoms with Crippen LogP contribution in [0.5, 0.6) is 0 Å². The summed E-state index contributed by atoms with van der Waals surface area (Å²) in [5, 5.41) is 5.40. The van der Waals surface area contributed by atoms with Crippen LogP contribution in [0.25, 0.3) is 0 Å². The van der Waals surface area contributed by atoms with Crippen molar-refractivity contribution in [3.63, 3.8) is 0 Å². The summed E-state index contributed by atoms with van der Waals surface area (Å²) in [6.07, 6.45) is 0.812. The van der Waals surface area contributed by atoms with Gasteiger partial charge in [0.05, 0.1) is 18.2 Å². The van der Waals surface area contributed by atoms with E-state index in [1.807, 2.05) is 0 Å². The van der Waals surface area contributed by atoms with E-state index in [0.717, 1.165) is 5.56 Å². The molecular formula is C22H22FN3O4. The van der Waals surface area contributed by atoms with Crippen molar-refractivity contribution in [1.82, 2.24) is 10.6 Å². The number of primary amides is 1. The van der Waals surface area contributed by atoms with Crippen LogP contribution in [-0.2, 0) is 16.0 Å². The Balaban J connectivity index is 1.99. The zero-order chi connectivity index (χ0) is 21.7. The lowest BCUT2D eigenvalue weighted by Crippen LogP contribution is -2.46. The molecule has 0 fully saturated rings. The number of amides is 3. The minimum absolute atomic E-state index is 0.162. The molecular weight excluding hydrogens is 389 g/mol. The molecule has 2 aromatic rings. The lowest BCUT2D eigenvalue weighted by Gasteiger charge is -2.29. The highest BCUT2D eigenvalue weighted by Crippen LogP contribution is 2.30. The van der Waals surface area contributed by atoms with Crippen LogP contribution in [0.4, 0.5) is 9.18 Å². The molecule has 0 radical (unpaired) electrons. The number of nitrogens with two attached hydrogens (primary N) is 1. The van der Waals surface area contributed by atoms with Crippen molar-refractivity contribution in [2.45, 2.75) is 25.8 Å². The highest BCUT2D eigenvalue weighted by atomic mass is 19.1. The van der Waals surface area contributed by atoms with Gasteiger partial charge in [-0.3, -0.25) is 4.79 Å². The number of urea groups is 1. The quantitative estimate of drug-likeness (QED) is 0.609. The summed E-state index contributed by atoms with van der Waals surface area (Å²) in [6, 6.07) is 11.1. The number of hydrogen-bond acceptors (Lipinski definition) is 4. The van der Waals surface area contributed by atoms with E-state index in [0.29, 0.717) is 24.1 Å². The van der Waals surface area contributed by atoms with Gasteiger partial charge in [0.2, 0.25) is 5.91 Å². The molecule has 4 N–H and O–H groups in total. The Hall–Kier alpha value is -3.68. The number of hydrogen-bond donors (Lipinski definition) is 3. The standard InChI is InChI=1S/C22H22FN3O4/c1-2-30-21(28)18-17(11-8-13-6-9-16(23)10-7-13)25-22(29)26-19(18)14-4-3-5-15(12-14)20(24)27/h3-7,9-10,12,19H,2,8,11H2,1H3,(H2,24,27)(H2,25,26,29). The van der Waals surface area contributed by atoms with Crippen LogP contribution in [0, 0.1) is 5.82 Å². The third-order valence-electron chi connectivity index (χ3n) is 4.73. The topological polar surface area (TPSA) is 111 Å². The summed E-state index contributed by atoms with van der Waals surface area (Å²) in [4.78, 5) is 36.6. The van der Waals surface area contributed by atoms with E-state index in [9.17, 15) is 18.8 Å². The van der Waals surface area contributed by atoms with Crippen molar-refractivity contribution in [1.29, 1.82) is 0 Å². The SMILES string of the molecule is CCOC(=O)C1=C(CCc2ccc(F)cc2)NC(=O)NC1c1cccc(C(N)=O)c1. The highest BCUT2D eigenvalue weighted by Gasteiger charge is 2.33. The number of allylic oxidation sites excluding steroid dienone is 1. The van der Waals surface area contributed by atoms with Gasteiger partial charge in [0.15, 0.2) is 0 Å². The van der Waals surface area contributed by atoms with Crippen molar-refractivity contribution in [3.05, 3.63) is 82.3 Å². The van der Waals surface area contributed by atoms with Crippen molar-refractivity contribution < 1.29 is 23.5 Å². The fraction of sp³-hybridized carbons (Fsp3) is 0.227. The summed E-state index contributed by atoms with van der Waals surface area (Å²) >= 11 is 0. The number of nitrogens with one attached hydrogen (secondary N) is 2. The molecule has 0 bridgehead atoms. The number of carbonyl (C=O) groups excluding carboxylic acids is 3. The van der Waals surface area contributed by atoms with Crippen molar-refractivity contribution in [3.8, 4) is 0 Å². The number of halogens is 1. The molecule has 0 saturated carbocycles. The van der Waals surface area contributed by atoms with Gasteiger partial charge in [-0.25, -0.2) is 14.0 Å². The zero-order valence-corrected chi connectivity index (χ0v) is 16.4. The molecule has 1 unspecified atom stereocenters. The largest absolute Gasteiger partial charge is 0.463 e. The Morgan fingerprint density at radius 2 is 1.87 bits per heavy atom. The molecule has 7 nitrogen and oxygen atoms in total.